The second-order valence-corrected chi connectivity index (χ2v) is 4.60. The van der Waals surface area contributed by atoms with E-state index in [1.54, 1.807) is 0 Å². The van der Waals surface area contributed by atoms with E-state index in [1.807, 2.05) is 0 Å². The summed E-state index contributed by atoms with van der Waals surface area (Å²) in [6.07, 6.45) is 1.46. The van der Waals surface area contributed by atoms with Crippen LogP contribution in [0.3, 0.4) is 0 Å². The van der Waals surface area contributed by atoms with Crippen molar-refractivity contribution in [3.63, 3.8) is 0 Å². The minimum Gasteiger partial charge on any atom is -0.489 e. The minimum atomic E-state index is 0.380. The van der Waals surface area contributed by atoms with Crippen molar-refractivity contribution >= 4 is 0 Å². The van der Waals surface area contributed by atoms with E-state index in [-0.39, 0.29) is 0 Å². The Morgan fingerprint density at radius 1 is 1.29 bits per heavy atom. The van der Waals surface area contributed by atoms with Crippen LogP contribution in [0.25, 0.3) is 0 Å². The van der Waals surface area contributed by atoms with Crippen molar-refractivity contribution < 1.29 is 4.74 Å². The van der Waals surface area contributed by atoms with Crippen LogP contribution in [-0.4, -0.2) is 6.10 Å². The molecule has 1 nitrogen and oxygen atoms in total. The molecule has 1 aromatic rings. The third-order valence-corrected chi connectivity index (χ3v) is 3.19. The predicted molar refractivity (Wildman–Crippen MR) is 58.9 cm³/mol. The molecule has 0 aliphatic carbocycles. The molecule has 0 amide bonds. The van der Waals surface area contributed by atoms with E-state index in [1.165, 1.54) is 16.7 Å². The van der Waals surface area contributed by atoms with Crippen molar-refractivity contribution in [1.29, 1.82) is 0 Å². The highest BCUT2D eigenvalue weighted by Crippen LogP contribution is 2.35. The highest BCUT2D eigenvalue weighted by atomic mass is 16.5. The highest BCUT2D eigenvalue weighted by molar-refractivity contribution is 5.47. The van der Waals surface area contributed by atoms with Crippen molar-refractivity contribution in [3.8, 4) is 5.75 Å². The first-order valence-corrected chi connectivity index (χ1v) is 5.35. The van der Waals surface area contributed by atoms with Gasteiger partial charge in [-0.3, -0.25) is 0 Å². The summed E-state index contributed by atoms with van der Waals surface area (Å²) < 4.78 is 5.98. The first kappa shape index (κ1) is 9.57. The van der Waals surface area contributed by atoms with Crippen LogP contribution in [0.4, 0.5) is 0 Å². The molecular formula is C13H18O. The first-order chi connectivity index (χ1) is 6.59. The Morgan fingerprint density at radius 2 is 2.00 bits per heavy atom. The number of benzene rings is 1. The summed E-state index contributed by atoms with van der Waals surface area (Å²) in [6.45, 7) is 8.73. The molecular weight excluding hydrogens is 172 g/mol. The molecule has 14 heavy (non-hydrogen) atoms. The van der Waals surface area contributed by atoms with Gasteiger partial charge in [0, 0.05) is 6.42 Å². The molecule has 1 aromatic carbocycles. The molecule has 1 aliphatic rings. The molecule has 1 heteroatoms. The Kier molecular flexibility index (Phi) is 2.26. The van der Waals surface area contributed by atoms with Crippen LogP contribution >= 0.6 is 0 Å². The largest absolute Gasteiger partial charge is 0.489 e. The van der Waals surface area contributed by atoms with Crippen molar-refractivity contribution in [2.24, 2.45) is 5.92 Å². The molecule has 1 aliphatic heterocycles. The number of hydrogen-bond acceptors (Lipinski definition) is 1. The highest BCUT2D eigenvalue weighted by Gasteiger charge is 2.26. The Labute approximate surface area is 86.1 Å². The molecule has 76 valence electrons. The first-order valence-electron chi connectivity index (χ1n) is 5.35. The Bertz CT molecular complexity index is 352. The molecule has 2 rings (SSSR count). The number of aryl methyl sites for hydroxylation is 1. The molecule has 0 fully saturated rings. The normalized spacial score (nSPS) is 19.6. The number of ether oxygens (including phenoxy) is 1. The van der Waals surface area contributed by atoms with Gasteiger partial charge in [-0.25, -0.2) is 0 Å². The molecule has 0 N–H and O–H groups in total. The summed E-state index contributed by atoms with van der Waals surface area (Å²) in [5.74, 6) is 1.74. The van der Waals surface area contributed by atoms with E-state index in [0.29, 0.717) is 12.0 Å². The average molecular weight is 190 g/mol. The van der Waals surface area contributed by atoms with Gasteiger partial charge in [0.25, 0.3) is 0 Å². The van der Waals surface area contributed by atoms with E-state index >= 15 is 0 Å². The summed E-state index contributed by atoms with van der Waals surface area (Å²) in [5.41, 5.74) is 4.02. The lowest BCUT2D eigenvalue weighted by Gasteiger charge is -2.15. The second kappa shape index (κ2) is 3.30. The molecule has 0 saturated heterocycles. The number of hydrogen-bond donors (Lipinski definition) is 0. The SMILES string of the molecule is Cc1ccc2c(c1C)OC(C(C)C)C2. The summed E-state index contributed by atoms with van der Waals surface area (Å²) in [5, 5.41) is 0. The Hall–Kier alpha value is -0.980. The fourth-order valence-electron chi connectivity index (χ4n) is 1.95. The molecule has 1 heterocycles. The smallest absolute Gasteiger partial charge is 0.126 e. The van der Waals surface area contributed by atoms with E-state index in [0.717, 1.165) is 12.2 Å². The van der Waals surface area contributed by atoms with Gasteiger partial charge in [0.05, 0.1) is 0 Å². The molecule has 0 radical (unpaired) electrons. The molecule has 0 saturated carbocycles. The van der Waals surface area contributed by atoms with Crippen LogP contribution < -0.4 is 4.74 Å². The summed E-state index contributed by atoms with van der Waals surface area (Å²) in [7, 11) is 0. The summed E-state index contributed by atoms with van der Waals surface area (Å²) >= 11 is 0. The minimum absolute atomic E-state index is 0.380. The van der Waals surface area contributed by atoms with E-state index in [9.17, 15) is 0 Å². The van der Waals surface area contributed by atoms with Gasteiger partial charge in [-0.15, -0.1) is 0 Å². The van der Waals surface area contributed by atoms with Crippen molar-refractivity contribution in [2.45, 2.75) is 40.2 Å². The van der Waals surface area contributed by atoms with Gasteiger partial charge in [-0.05, 0) is 36.5 Å². The fourth-order valence-corrected chi connectivity index (χ4v) is 1.95. The van der Waals surface area contributed by atoms with E-state index < -0.39 is 0 Å². The third-order valence-electron chi connectivity index (χ3n) is 3.19. The van der Waals surface area contributed by atoms with Gasteiger partial charge in [0.15, 0.2) is 0 Å². The number of rotatable bonds is 1. The van der Waals surface area contributed by atoms with Crippen molar-refractivity contribution in [1.82, 2.24) is 0 Å². The zero-order valence-corrected chi connectivity index (χ0v) is 9.42. The average Bonchev–Trinajstić information content (AvgIpc) is 2.56. The maximum absolute atomic E-state index is 5.98. The van der Waals surface area contributed by atoms with Crippen LogP contribution in [0.5, 0.6) is 5.75 Å². The zero-order valence-electron chi connectivity index (χ0n) is 9.42. The predicted octanol–water partition coefficient (Wildman–Crippen LogP) is 3.26. The maximum Gasteiger partial charge on any atom is 0.126 e. The summed E-state index contributed by atoms with van der Waals surface area (Å²) in [4.78, 5) is 0. The van der Waals surface area contributed by atoms with Crippen LogP contribution in [-0.2, 0) is 6.42 Å². The van der Waals surface area contributed by atoms with Crippen LogP contribution in [0.2, 0.25) is 0 Å². The van der Waals surface area contributed by atoms with Gasteiger partial charge >= 0.3 is 0 Å². The summed E-state index contributed by atoms with van der Waals surface area (Å²) in [6, 6.07) is 4.40. The third kappa shape index (κ3) is 1.41. The maximum atomic E-state index is 5.98. The lowest BCUT2D eigenvalue weighted by Crippen LogP contribution is -2.19. The van der Waals surface area contributed by atoms with Crippen LogP contribution in [0.15, 0.2) is 12.1 Å². The molecule has 0 aromatic heterocycles. The van der Waals surface area contributed by atoms with Crippen LogP contribution in [0.1, 0.15) is 30.5 Å². The van der Waals surface area contributed by atoms with Crippen molar-refractivity contribution in [3.05, 3.63) is 28.8 Å². The lowest BCUT2D eigenvalue weighted by molar-refractivity contribution is 0.178. The Balaban J connectivity index is 2.36. The molecule has 1 unspecified atom stereocenters. The number of fused-ring (bicyclic) bond motifs is 1. The van der Waals surface area contributed by atoms with E-state index in [2.05, 4.69) is 39.8 Å². The van der Waals surface area contributed by atoms with Gasteiger partial charge < -0.3 is 4.74 Å². The van der Waals surface area contributed by atoms with Crippen LogP contribution in [0, 0.1) is 19.8 Å². The lowest BCUT2D eigenvalue weighted by atomic mass is 9.99. The van der Waals surface area contributed by atoms with Gasteiger partial charge in [-0.1, -0.05) is 26.0 Å². The van der Waals surface area contributed by atoms with Crippen molar-refractivity contribution in [2.75, 3.05) is 0 Å². The quantitative estimate of drug-likeness (QED) is 0.660. The Morgan fingerprint density at radius 3 is 2.64 bits per heavy atom. The molecule has 1 atom stereocenters. The zero-order chi connectivity index (χ0) is 10.3. The van der Waals surface area contributed by atoms with E-state index in [4.69, 9.17) is 4.74 Å². The van der Waals surface area contributed by atoms with Gasteiger partial charge in [-0.2, -0.15) is 0 Å². The second-order valence-electron chi connectivity index (χ2n) is 4.60. The molecule has 0 bridgehead atoms. The van der Waals surface area contributed by atoms with Gasteiger partial charge in [0.2, 0.25) is 0 Å². The standard InChI is InChI=1S/C13H18O/c1-8(2)12-7-11-6-5-9(3)10(4)13(11)14-12/h5-6,8,12H,7H2,1-4H3. The fraction of sp³-hybridized carbons (Fsp3) is 0.538. The topological polar surface area (TPSA) is 9.23 Å². The molecule has 0 spiro atoms. The monoisotopic (exact) mass is 190 g/mol. The van der Waals surface area contributed by atoms with Gasteiger partial charge in [0.1, 0.15) is 11.9 Å².